The van der Waals surface area contributed by atoms with Crippen LogP contribution in [0.2, 0.25) is 0 Å². The van der Waals surface area contributed by atoms with Crippen LogP contribution in [-0.2, 0) is 16.1 Å². The van der Waals surface area contributed by atoms with Crippen LogP contribution >= 0.6 is 0 Å². The summed E-state index contributed by atoms with van der Waals surface area (Å²) in [4.78, 5) is 40.1. The van der Waals surface area contributed by atoms with Crippen molar-refractivity contribution in [2.45, 2.75) is 62.8 Å². The molecule has 2 amide bonds. The molecule has 2 bridgehead atoms. The number of carbonyl (C=O) groups is 2. The first-order chi connectivity index (χ1) is 16.1. The van der Waals surface area contributed by atoms with Crippen LogP contribution in [0.4, 0.5) is 8.78 Å². The molecule has 34 heavy (non-hydrogen) atoms. The molecule has 0 radical (unpaired) electrons. The van der Waals surface area contributed by atoms with E-state index in [4.69, 9.17) is 4.74 Å². The topological polar surface area (TPSA) is 123 Å². The molecule has 3 saturated carbocycles. The molecule has 3 fully saturated rings. The van der Waals surface area contributed by atoms with Gasteiger partial charge in [-0.3, -0.25) is 14.2 Å². The number of carbonyl (C=O) groups excluding carboxylic acids is 2. The number of benzene rings is 1. The van der Waals surface area contributed by atoms with Gasteiger partial charge in [0, 0.05) is 17.8 Å². The molecule has 9 nitrogen and oxygen atoms in total. The fourth-order valence-electron chi connectivity index (χ4n) is 4.82. The Hall–Kier alpha value is -3.34. The highest BCUT2D eigenvalue weighted by molar-refractivity contribution is 5.79. The van der Waals surface area contributed by atoms with Crippen LogP contribution in [0.5, 0.6) is 5.75 Å². The van der Waals surface area contributed by atoms with Gasteiger partial charge < -0.3 is 20.5 Å². The summed E-state index contributed by atoms with van der Waals surface area (Å²) in [6.45, 7) is 0.912. The predicted molar refractivity (Wildman–Crippen MR) is 116 cm³/mol. The average Bonchev–Trinajstić information content (AvgIpc) is 2.78. The lowest BCUT2D eigenvalue weighted by atomic mass is 9.60. The van der Waals surface area contributed by atoms with E-state index in [1.165, 1.54) is 6.07 Å². The van der Waals surface area contributed by atoms with E-state index in [1.54, 1.807) is 19.1 Å². The summed E-state index contributed by atoms with van der Waals surface area (Å²) in [5.74, 6) is -1.84. The van der Waals surface area contributed by atoms with Crippen molar-refractivity contribution >= 4 is 11.8 Å². The van der Waals surface area contributed by atoms with Crippen molar-refractivity contribution in [2.75, 3.05) is 6.61 Å². The molecule has 1 aromatic carbocycles. The smallest absolute Gasteiger partial charge is 0.348 e. The molecule has 0 aliphatic heterocycles. The zero-order chi connectivity index (χ0) is 24.5. The zero-order valence-electron chi connectivity index (χ0n) is 18.6. The van der Waals surface area contributed by atoms with Gasteiger partial charge in [0.1, 0.15) is 18.1 Å². The molecule has 0 unspecified atom stereocenters. The molecule has 5 rings (SSSR count). The Morgan fingerprint density at radius 2 is 1.94 bits per heavy atom. The molecule has 182 valence electrons. The third-order valence-corrected chi connectivity index (χ3v) is 6.76. The maximum absolute atomic E-state index is 13.7. The number of nitrogens with zero attached hydrogens (tertiary/aromatic N) is 2. The van der Waals surface area contributed by atoms with Crippen LogP contribution in [0.15, 0.2) is 35.4 Å². The molecule has 1 atom stereocenters. The predicted octanol–water partition coefficient (Wildman–Crippen LogP) is 0.958. The molecular weight excluding hydrogens is 450 g/mol. The number of rotatable bonds is 7. The van der Waals surface area contributed by atoms with Gasteiger partial charge in [-0.25, -0.2) is 13.6 Å². The number of amides is 2. The van der Waals surface area contributed by atoms with Crippen LogP contribution < -0.4 is 21.1 Å². The number of aryl methyl sites for hydroxylation is 1. The van der Waals surface area contributed by atoms with Gasteiger partial charge >= 0.3 is 5.69 Å². The Bertz CT molecular complexity index is 1160. The van der Waals surface area contributed by atoms with Gasteiger partial charge in [-0.2, -0.15) is 4.98 Å². The lowest BCUT2D eigenvalue weighted by Crippen LogP contribution is -2.70. The molecule has 3 N–H and O–H groups in total. The summed E-state index contributed by atoms with van der Waals surface area (Å²) < 4.78 is 33.3. The number of nitrogens with one attached hydrogen (secondary N) is 2. The van der Waals surface area contributed by atoms with Crippen molar-refractivity contribution in [3.05, 3.63) is 58.3 Å². The van der Waals surface area contributed by atoms with E-state index >= 15 is 0 Å². The Balaban J connectivity index is 1.33. The molecule has 3 aliphatic carbocycles. The normalized spacial score (nSPS) is 25.6. The van der Waals surface area contributed by atoms with Crippen molar-refractivity contribution in [2.24, 2.45) is 0 Å². The van der Waals surface area contributed by atoms with Crippen LogP contribution in [0.3, 0.4) is 0 Å². The molecule has 2 aromatic rings. The molecule has 0 saturated heterocycles. The second kappa shape index (κ2) is 9.13. The van der Waals surface area contributed by atoms with Gasteiger partial charge in [-0.15, -0.1) is 0 Å². The summed E-state index contributed by atoms with van der Waals surface area (Å²) in [6, 6.07) is 4.34. The van der Waals surface area contributed by atoms with E-state index in [2.05, 4.69) is 15.6 Å². The number of hydrogen-bond acceptors (Lipinski definition) is 6. The van der Waals surface area contributed by atoms with Crippen LogP contribution in [0.25, 0.3) is 0 Å². The molecule has 1 heterocycles. The number of halogens is 2. The lowest BCUT2D eigenvalue weighted by Gasteiger charge is -2.56. The first-order valence-electron chi connectivity index (χ1n) is 11.0. The summed E-state index contributed by atoms with van der Waals surface area (Å²) in [5.41, 5.74) is -1.78. The van der Waals surface area contributed by atoms with E-state index in [0.717, 1.165) is 17.0 Å². The minimum atomic E-state index is -0.908. The highest BCUT2D eigenvalue weighted by Crippen LogP contribution is 2.47. The largest absolute Gasteiger partial charge is 0.484 e. The van der Waals surface area contributed by atoms with E-state index in [-0.39, 0.29) is 25.3 Å². The van der Waals surface area contributed by atoms with E-state index in [0.29, 0.717) is 31.2 Å². The monoisotopic (exact) mass is 476 g/mol. The Morgan fingerprint density at radius 3 is 2.62 bits per heavy atom. The van der Waals surface area contributed by atoms with Crippen molar-refractivity contribution in [1.82, 2.24) is 20.2 Å². The number of hydrogen-bond donors (Lipinski definition) is 3. The highest BCUT2D eigenvalue weighted by Gasteiger charge is 2.55. The van der Waals surface area contributed by atoms with Gasteiger partial charge in [-0.05, 0) is 50.7 Å². The Morgan fingerprint density at radius 1 is 1.21 bits per heavy atom. The van der Waals surface area contributed by atoms with Crippen molar-refractivity contribution in [3.8, 4) is 5.75 Å². The van der Waals surface area contributed by atoms with Gasteiger partial charge in [0.25, 0.3) is 5.91 Å². The Kier molecular flexibility index (Phi) is 6.39. The number of fused-ring (bicyclic) bond motifs is 3. The standard InChI is InChI=1S/C23H26F2N4O5/c1-14-2-3-16(8-17(14)25)34-13-20(32)28-23-6-4-22(5-7-23,9-18(23)30)27-19(31)12-29-11-15(24)10-26-21(29)33/h2-3,8,10-11,18,30H,4-7,9,12-13H2,1H3,(H,27,31)(H,28,32)/t18-,22?,23?/m0/s1. The maximum atomic E-state index is 13.7. The van der Waals surface area contributed by atoms with Gasteiger partial charge in [0.15, 0.2) is 12.4 Å². The lowest BCUT2D eigenvalue weighted by molar-refractivity contribution is -0.136. The SMILES string of the molecule is Cc1ccc(OCC(=O)NC23CCC(NC(=O)Cn4cc(F)cnc4=O)(CC2)C[C@@H]3O)cc1F. The van der Waals surface area contributed by atoms with Crippen LogP contribution in [-0.4, -0.2) is 50.3 Å². The summed E-state index contributed by atoms with van der Waals surface area (Å²) in [5, 5.41) is 16.6. The number of aliphatic hydroxyl groups excluding tert-OH is 1. The third kappa shape index (κ3) is 4.93. The minimum Gasteiger partial charge on any atom is -0.484 e. The first kappa shape index (κ1) is 23.8. The van der Waals surface area contributed by atoms with Gasteiger partial charge in [0.2, 0.25) is 5.91 Å². The second-order valence-corrected chi connectivity index (χ2v) is 9.14. The van der Waals surface area contributed by atoms with Gasteiger partial charge in [0.05, 0.1) is 17.8 Å². The highest BCUT2D eigenvalue weighted by atomic mass is 19.1. The molecule has 1 aromatic heterocycles. The summed E-state index contributed by atoms with van der Waals surface area (Å²) >= 11 is 0. The van der Waals surface area contributed by atoms with Crippen LogP contribution in [0.1, 0.15) is 37.7 Å². The fraction of sp³-hybridized carbons (Fsp3) is 0.478. The molecule has 0 spiro atoms. The zero-order valence-corrected chi connectivity index (χ0v) is 18.6. The first-order valence-corrected chi connectivity index (χ1v) is 11.0. The van der Waals surface area contributed by atoms with Gasteiger partial charge in [-0.1, -0.05) is 6.07 Å². The van der Waals surface area contributed by atoms with E-state index in [9.17, 15) is 28.3 Å². The molecular formula is C23H26F2N4O5. The average molecular weight is 476 g/mol. The fourth-order valence-corrected chi connectivity index (χ4v) is 4.82. The third-order valence-electron chi connectivity index (χ3n) is 6.76. The quantitative estimate of drug-likeness (QED) is 0.547. The molecule has 3 aliphatic rings. The van der Waals surface area contributed by atoms with Crippen molar-refractivity contribution in [3.63, 3.8) is 0 Å². The molecule has 11 heteroatoms. The van der Waals surface area contributed by atoms with E-state index in [1.807, 2.05) is 0 Å². The maximum Gasteiger partial charge on any atom is 0.348 e. The van der Waals surface area contributed by atoms with Crippen molar-refractivity contribution < 1.29 is 28.2 Å². The van der Waals surface area contributed by atoms with Crippen molar-refractivity contribution in [1.29, 1.82) is 0 Å². The Labute approximate surface area is 194 Å². The summed E-state index contributed by atoms with van der Waals surface area (Å²) in [7, 11) is 0. The second-order valence-electron chi connectivity index (χ2n) is 9.14. The number of aromatic nitrogens is 2. The minimum absolute atomic E-state index is 0.222. The number of ether oxygens (including phenoxy) is 1. The summed E-state index contributed by atoms with van der Waals surface area (Å²) in [6.07, 6.45) is 2.89. The van der Waals surface area contributed by atoms with Crippen LogP contribution in [0, 0.1) is 18.6 Å². The van der Waals surface area contributed by atoms with E-state index < -0.39 is 46.3 Å². The number of aliphatic hydroxyl groups is 1.